The molecule has 118 valence electrons. The third kappa shape index (κ3) is 16.9. The average molecular weight is 288 g/mol. The highest BCUT2D eigenvalue weighted by Crippen LogP contribution is 2.07. The summed E-state index contributed by atoms with van der Waals surface area (Å²) in [5.41, 5.74) is 0. The lowest BCUT2D eigenvalue weighted by Gasteiger charge is -2.04. The van der Waals surface area contributed by atoms with Crippen molar-refractivity contribution in [3.63, 3.8) is 0 Å². The Balaban J connectivity index is 2.99. The van der Waals surface area contributed by atoms with E-state index >= 15 is 0 Å². The van der Waals surface area contributed by atoms with Crippen molar-refractivity contribution in [2.75, 3.05) is 13.2 Å². The van der Waals surface area contributed by atoms with Gasteiger partial charge in [0.05, 0.1) is 0 Å². The molecule has 0 bridgehead atoms. The summed E-state index contributed by atoms with van der Waals surface area (Å²) in [6, 6.07) is 0. The van der Waals surface area contributed by atoms with Crippen molar-refractivity contribution in [3.8, 4) is 0 Å². The fourth-order valence-corrected chi connectivity index (χ4v) is 1.95. The lowest BCUT2D eigenvalue weighted by Crippen LogP contribution is -1.99. The van der Waals surface area contributed by atoms with Gasteiger partial charge in [-0.3, -0.25) is 9.59 Å². The molecule has 0 aromatic heterocycles. The van der Waals surface area contributed by atoms with Crippen molar-refractivity contribution in [1.82, 2.24) is 0 Å². The predicted molar refractivity (Wildman–Crippen MR) is 76.9 cm³/mol. The molecule has 0 saturated heterocycles. The molecule has 0 spiro atoms. The molecule has 0 saturated carbocycles. The van der Waals surface area contributed by atoms with Gasteiger partial charge in [0.15, 0.2) is 0 Å². The first-order chi connectivity index (χ1) is 9.63. The lowest BCUT2D eigenvalue weighted by molar-refractivity contribution is -0.138. The van der Waals surface area contributed by atoms with E-state index in [1.54, 1.807) is 0 Å². The molecule has 0 aliphatic carbocycles. The second-order valence-electron chi connectivity index (χ2n) is 5.08. The number of hydrogen-bond acceptors (Lipinski definition) is 3. The highest BCUT2D eigenvalue weighted by atomic mass is 16.5. The number of carboxylic acid groups (broad SMARTS) is 2. The quantitative estimate of drug-likeness (QED) is 0.451. The van der Waals surface area contributed by atoms with E-state index in [4.69, 9.17) is 14.9 Å². The zero-order chi connectivity index (χ0) is 15.1. The summed E-state index contributed by atoms with van der Waals surface area (Å²) in [5, 5.41) is 16.9. The average Bonchev–Trinajstić information content (AvgIpc) is 2.38. The Kier molecular flexibility index (Phi) is 13.5. The molecule has 0 heterocycles. The molecule has 0 fully saturated rings. The van der Waals surface area contributed by atoms with E-state index in [1.165, 1.54) is 0 Å². The Morgan fingerprint density at radius 1 is 0.600 bits per heavy atom. The fourth-order valence-electron chi connectivity index (χ4n) is 1.95. The van der Waals surface area contributed by atoms with Crippen molar-refractivity contribution >= 4 is 11.9 Å². The summed E-state index contributed by atoms with van der Waals surface area (Å²) in [6.45, 7) is 1.49. The number of hydrogen-bond donors (Lipinski definition) is 2. The molecule has 2 N–H and O–H groups in total. The van der Waals surface area contributed by atoms with Crippen LogP contribution in [0.5, 0.6) is 0 Å². The number of ether oxygens (including phenoxy) is 1. The maximum Gasteiger partial charge on any atom is 0.303 e. The van der Waals surface area contributed by atoms with Crippen LogP contribution in [0.1, 0.15) is 70.6 Å². The SMILES string of the molecule is O=C(O)CCCCCCCCOCCCCCC(=O)O. The maximum absolute atomic E-state index is 10.3. The number of carboxylic acids is 2. The van der Waals surface area contributed by atoms with E-state index in [0.717, 1.165) is 71.0 Å². The monoisotopic (exact) mass is 288 g/mol. The number of carbonyl (C=O) groups is 2. The lowest BCUT2D eigenvalue weighted by atomic mass is 10.1. The predicted octanol–water partition coefficient (Wildman–Crippen LogP) is 3.46. The summed E-state index contributed by atoms with van der Waals surface area (Å²) in [7, 11) is 0. The molecule has 0 aliphatic rings. The van der Waals surface area contributed by atoms with Crippen LogP contribution in [0.2, 0.25) is 0 Å². The van der Waals surface area contributed by atoms with Crippen molar-refractivity contribution in [2.45, 2.75) is 70.6 Å². The van der Waals surface area contributed by atoms with E-state index in [1.807, 2.05) is 0 Å². The van der Waals surface area contributed by atoms with E-state index in [2.05, 4.69) is 0 Å². The number of aliphatic carboxylic acids is 2. The van der Waals surface area contributed by atoms with E-state index in [-0.39, 0.29) is 12.8 Å². The first kappa shape index (κ1) is 18.9. The van der Waals surface area contributed by atoms with Crippen LogP contribution in [0.3, 0.4) is 0 Å². The smallest absolute Gasteiger partial charge is 0.303 e. The summed E-state index contributed by atoms with van der Waals surface area (Å²) in [6.07, 6.45) is 9.31. The summed E-state index contributed by atoms with van der Waals surface area (Å²) in [5.74, 6) is -1.43. The van der Waals surface area contributed by atoms with Gasteiger partial charge in [0.2, 0.25) is 0 Å². The molecule has 0 amide bonds. The molecule has 0 radical (unpaired) electrons. The van der Waals surface area contributed by atoms with Gasteiger partial charge in [0.25, 0.3) is 0 Å². The van der Waals surface area contributed by atoms with Gasteiger partial charge >= 0.3 is 11.9 Å². The summed E-state index contributed by atoms with van der Waals surface area (Å²) >= 11 is 0. The molecule has 0 aromatic rings. The van der Waals surface area contributed by atoms with Gasteiger partial charge in [-0.15, -0.1) is 0 Å². The van der Waals surface area contributed by atoms with E-state index < -0.39 is 11.9 Å². The van der Waals surface area contributed by atoms with Crippen LogP contribution in [0.4, 0.5) is 0 Å². The number of unbranched alkanes of at least 4 members (excludes halogenated alkanes) is 7. The standard InChI is InChI=1S/C15H28O5/c16-14(17)10-6-3-1-2-4-8-12-20-13-9-5-7-11-15(18)19/h1-13H2,(H,16,17)(H,18,19). The van der Waals surface area contributed by atoms with Crippen LogP contribution >= 0.6 is 0 Å². The van der Waals surface area contributed by atoms with Crippen LogP contribution in [-0.4, -0.2) is 35.4 Å². The molecular weight excluding hydrogens is 260 g/mol. The first-order valence-electron chi connectivity index (χ1n) is 7.64. The van der Waals surface area contributed by atoms with Crippen molar-refractivity contribution in [2.24, 2.45) is 0 Å². The Morgan fingerprint density at radius 3 is 1.40 bits per heavy atom. The van der Waals surface area contributed by atoms with Gasteiger partial charge in [-0.1, -0.05) is 32.1 Å². The van der Waals surface area contributed by atoms with Crippen molar-refractivity contribution in [3.05, 3.63) is 0 Å². The topological polar surface area (TPSA) is 83.8 Å². The molecule has 5 nitrogen and oxygen atoms in total. The molecule has 5 heteroatoms. The molecule has 0 unspecified atom stereocenters. The van der Waals surface area contributed by atoms with Crippen LogP contribution < -0.4 is 0 Å². The van der Waals surface area contributed by atoms with Crippen LogP contribution in [-0.2, 0) is 14.3 Å². The van der Waals surface area contributed by atoms with Gasteiger partial charge in [-0.25, -0.2) is 0 Å². The molecule has 20 heavy (non-hydrogen) atoms. The number of rotatable bonds is 15. The Morgan fingerprint density at radius 2 is 0.950 bits per heavy atom. The maximum atomic E-state index is 10.3. The first-order valence-corrected chi connectivity index (χ1v) is 7.64. The Hall–Kier alpha value is -1.10. The zero-order valence-corrected chi connectivity index (χ0v) is 12.3. The van der Waals surface area contributed by atoms with Gasteiger partial charge < -0.3 is 14.9 Å². The van der Waals surface area contributed by atoms with Crippen LogP contribution in [0.15, 0.2) is 0 Å². The highest BCUT2D eigenvalue weighted by Gasteiger charge is 1.98. The third-order valence-corrected chi connectivity index (χ3v) is 3.11. The minimum Gasteiger partial charge on any atom is -0.481 e. The molecule has 0 rings (SSSR count). The van der Waals surface area contributed by atoms with Crippen LogP contribution in [0.25, 0.3) is 0 Å². The second-order valence-corrected chi connectivity index (χ2v) is 5.08. The molecule has 0 aliphatic heterocycles. The third-order valence-electron chi connectivity index (χ3n) is 3.11. The largest absolute Gasteiger partial charge is 0.481 e. The summed E-state index contributed by atoms with van der Waals surface area (Å²) < 4.78 is 5.47. The van der Waals surface area contributed by atoms with Crippen molar-refractivity contribution < 1.29 is 24.5 Å². The minimum atomic E-state index is -0.728. The van der Waals surface area contributed by atoms with Gasteiger partial charge in [-0.2, -0.15) is 0 Å². The highest BCUT2D eigenvalue weighted by molar-refractivity contribution is 5.66. The van der Waals surface area contributed by atoms with Gasteiger partial charge in [0.1, 0.15) is 0 Å². The second kappa shape index (κ2) is 14.3. The van der Waals surface area contributed by atoms with E-state index in [9.17, 15) is 9.59 Å². The minimum absolute atomic E-state index is 0.252. The summed E-state index contributed by atoms with van der Waals surface area (Å²) in [4.78, 5) is 20.6. The normalized spacial score (nSPS) is 10.6. The zero-order valence-electron chi connectivity index (χ0n) is 12.3. The van der Waals surface area contributed by atoms with E-state index in [0.29, 0.717) is 0 Å². The molecular formula is C15H28O5. The fraction of sp³-hybridized carbons (Fsp3) is 0.867. The van der Waals surface area contributed by atoms with Crippen LogP contribution in [0, 0.1) is 0 Å². The molecule has 0 aromatic carbocycles. The molecule has 0 atom stereocenters. The van der Waals surface area contributed by atoms with Crippen molar-refractivity contribution in [1.29, 1.82) is 0 Å². The Labute approximate surface area is 121 Å². The van der Waals surface area contributed by atoms with Gasteiger partial charge in [-0.05, 0) is 25.7 Å². The Bertz CT molecular complexity index is 227. The van der Waals surface area contributed by atoms with Gasteiger partial charge in [0, 0.05) is 26.1 Å².